The van der Waals surface area contributed by atoms with Crippen LogP contribution in [0.25, 0.3) is 11.1 Å². The minimum absolute atomic E-state index is 0.0437. The van der Waals surface area contributed by atoms with E-state index >= 15 is 0 Å². The number of amides is 1. The van der Waals surface area contributed by atoms with Gasteiger partial charge < -0.3 is 15.4 Å². The fraction of sp³-hybridized carbons (Fsp3) is 0.316. The maximum absolute atomic E-state index is 12.8. The van der Waals surface area contributed by atoms with Gasteiger partial charge in [0.05, 0.1) is 12.7 Å². The fourth-order valence-corrected chi connectivity index (χ4v) is 2.95. The Bertz CT molecular complexity index is 699. The number of nitrogens with two attached hydrogens (primary N) is 1. The Labute approximate surface area is 136 Å². The van der Waals surface area contributed by atoms with Crippen molar-refractivity contribution in [2.75, 3.05) is 26.2 Å². The van der Waals surface area contributed by atoms with Crippen LogP contribution in [0.5, 0.6) is 0 Å². The van der Waals surface area contributed by atoms with E-state index in [2.05, 4.69) is 19.1 Å². The van der Waals surface area contributed by atoms with Crippen LogP contribution in [0.4, 0.5) is 0 Å². The Hall–Kier alpha value is -2.17. The van der Waals surface area contributed by atoms with Crippen LogP contribution < -0.4 is 5.73 Å². The van der Waals surface area contributed by atoms with Gasteiger partial charge in [0.2, 0.25) is 0 Å². The van der Waals surface area contributed by atoms with Crippen molar-refractivity contribution in [3.63, 3.8) is 0 Å². The van der Waals surface area contributed by atoms with E-state index in [1.54, 1.807) is 0 Å². The van der Waals surface area contributed by atoms with Crippen molar-refractivity contribution in [2.45, 2.75) is 13.0 Å². The molecule has 2 aromatic carbocycles. The van der Waals surface area contributed by atoms with Gasteiger partial charge in [0.15, 0.2) is 0 Å². The smallest absolute Gasteiger partial charge is 0.254 e. The second kappa shape index (κ2) is 6.94. The summed E-state index contributed by atoms with van der Waals surface area (Å²) in [5.41, 5.74) is 9.79. The maximum atomic E-state index is 12.8. The molecule has 0 spiro atoms. The average Bonchev–Trinajstić information content (AvgIpc) is 2.61. The van der Waals surface area contributed by atoms with E-state index < -0.39 is 0 Å². The van der Waals surface area contributed by atoms with Gasteiger partial charge in [-0.05, 0) is 35.7 Å². The number of carbonyl (C=O) groups is 1. The lowest BCUT2D eigenvalue weighted by atomic mass is 9.98. The highest BCUT2D eigenvalue weighted by Gasteiger charge is 2.24. The van der Waals surface area contributed by atoms with E-state index in [4.69, 9.17) is 10.5 Å². The first-order valence-corrected chi connectivity index (χ1v) is 7.96. The van der Waals surface area contributed by atoms with Gasteiger partial charge in [-0.15, -0.1) is 0 Å². The quantitative estimate of drug-likeness (QED) is 0.947. The van der Waals surface area contributed by atoms with Gasteiger partial charge in [-0.2, -0.15) is 0 Å². The Kier molecular flexibility index (Phi) is 4.74. The average molecular weight is 310 g/mol. The fourth-order valence-electron chi connectivity index (χ4n) is 2.95. The number of nitrogens with zero attached hydrogens (tertiary/aromatic N) is 1. The highest BCUT2D eigenvalue weighted by Crippen LogP contribution is 2.24. The summed E-state index contributed by atoms with van der Waals surface area (Å²) in [6.45, 7) is 4.24. The highest BCUT2D eigenvalue weighted by atomic mass is 16.5. The summed E-state index contributed by atoms with van der Waals surface area (Å²) in [6, 6.07) is 16.0. The maximum Gasteiger partial charge on any atom is 0.254 e. The Balaban J connectivity index is 1.85. The van der Waals surface area contributed by atoms with Crippen molar-refractivity contribution >= 4 is 5.91 Å². The molecule has 0 aliphatic carbocycles. The number of aryl methyl sites for hydroxylation is 1. The summed E-state index contributed by atoms with van der Waals surface area (Å²) < 4.78 is 5.53. The van der Waals surface area contributed by atoms with E-state index in [9.17, 15) is 4.79 Å². The second-order valence-electron chi connectivity index (χ2n) is 5.88. The van der Waals surface area contributed by atoms with Crippen LogP contribution in [0.3, 0.4) is 0 Å². The molecule has 1 amide bonds. The molecule has 120 valence electrons. The molecular weight excluding hydrogens is 288 g/mol. The first kappa shape index (κ1) is 15.7. The number of hydrogen-bond donors (Lipinski definition) is 1. The topological polar surface area (TPSA) is 55.6 Å². The molecule has 23 heavy (non-hydrogen) atoms. The lowest BCUT2D eigenvalue weighted by Crippen LogP contribution is -2.48. The zero-order chi connectivity index (χ0) is 16.2. The predicted octanol–water partition coefficient (Wildman–Crippen LogP) is 2.46. The molecule has 0 radical (unpaired) electrons. The minimum Gasteiger partial charge on any atom is -0.373 e. The number of benzene rings is 2. The van der Waals surface area contributed by atoms with E-state index in [1.165, 1.54) is 5.56 Å². The van der Waals surface area contributed by atoms with Crippen LogP contribution in [0.15, 0.2) is 48.5 Å². The van der Waals surface area contributed by atoms with Gasteiger partial charge in [-0.1, -0.05) is 36.4 Å². The molecule has 0 unspecified atom stereocenters. The van der Waals surface area contributed by atoms with Crippen molar-refractivity contribution in [2.24, 2.45) is 5.73 Å². The van der Waals surface area contributed by atoms with Gasteiger partial charge in [-0.25, -0.2) is 0 Å². The van der Waals surface area contributed by atoms with Crippen LogP contribution >= 0.6 is 0 Å². The van der Waals surface area contributed by atoms with Gasteiger partial charge >= 0.3 is 0 Å². The number of carbonyl (C=O) groups excluding carboxylic acids is 1. The van der Waals surface area contributed by atoms with E-state index in [0.29, 0.717) is 31.8 Å². The molecule has 3 rings (SSSR count). The first-order chi connectivity index (χ1) is 11.2. The van der Waals surface area contributed by atoms with Gasteiger partial charge in [0.25, 0.3) is 5.91 Å². The molecule has 1 saturated heterocycles. The largest absolute Gasteiger partial charge is 0.373 e. The van der Waals surface area contributed by atoms with Crippen molar-refractivity contribution in [1.29, 1.82) is 0 Å². The van der Waals surface area contributed by atoms with E-state index in [0.717, 1.165) is 11.1 Å². The number of ether oxygens (including phenoxy) is 1. The monoisotopic (exact) mass is 310 g/mol. The summed E-state index contributed by atoms with van der Waals surface area (Å²) in [6.07, 6.45) is -0.0627. The molecule has 0 bridgehead atoms. The third kappa shape index (κ3) is 3.44. The van der Waals surface area contributed by atoms with Crippen LogP contribution in [-0.2, 0) is 4.74 Å². The Morgan fingerprint density at radius 3 is 2.87 bits per heavy atom. The zero-order valence-electron chi connectivity index (χ0n) is 13.4. The predicted molar refractivity (Wildman–Crippen MR) is 91.3 cm³/mol. The second-order valence-corrected chi connectivity index (χ2v) is 5.88. The van der Waals surface area contributed by atoms with Crippen molar-refractivity contribution < 1.29 is 9.53 Å². The summed E-state index contributed by atoms with van der Waals surface area (Å²) in [4.78, 5) is 14.6. The van der Waals surface area contributed by atoms with E-state index in [1.807, 2.05) is 41.3 Å². The molecule has 2 aromatic rings. The standard InChI is InChI=1S/C19H22N2O2/c1-14-5-2-3-8-18(14)15-6-4-7-16(11-15)19(22)21-9-10-23-17(12-20)13-21/h2-8,11,17H,9-10,12-13,20H2,1H3/t17-/m1/s1. The third-order valence-corrected chi connectivity index (χ3v) is 4.25. The van der Waals surface area contributed by atoms with Crippen LogP contribution in [0.2, 0.25) is 0 Å². The normalized spacial score (nSPS) is 18.0. The molecule has 0 saturated carbocycles. The number of rotatable bonds is 3. The Morgan fingerprint density at radius 1 is 1.26 bits per heavy atom. The molecule has 1 aliphatic rings. The van der Waals surface area contributed by atoms with Gasteiger partial charge in [-0.3, -0.25) is 4.79 Å². The van der Waals surface area contributed by atoms with Crippen LogP contribution in [-0.4, -0.2) is 43.2 Å². The highest BCUT2D eigenvalue weighted by molar-refractivity contribution is 5.95. The van der Waals surface area contributed by atoms with E-state index in [-0.39, 0.29) is 12.0 Å². The van der Waals surface area contributed by atoms with Crippen LogP contribution in [0.1, 0.15) is 15.9 Å². The molecule has 1 atom stereocenters. The number of morpholine rings is 1. The van der Waals surface area contributed by atoms with Crippen molar-refractivity contribution in [1.82, 2.24) is 4.90 Å². The molecule has 0 aromatic heterocycles. The summed E-state index contributed by atoms with van der Waals surface area (Å²) in [5.74, 6) is 0.0437. The van der Waals surface area contributed by atoms with Crippen molar-refractivity contribution in [3.05, 3.63) is 59.7 Å². The minimum atomic E-state index is -0.0627. The lowest BCUT2D eigenvalue weighted by Gasteiger charge is -2.32. The lowest BCUT2D eigenvalue weighted by molar-refractivity contribution is -0.0167. The summed E-state index contributed by atoms with van der Waals surface area (Å²) in [5, 5.41) is 0. The third-order valence-electron chi connectivity index (χ3n) is 4.25. The summed E-state index contributed by atoms with van der Waals surface area (Å²) in [7, 11) is 0. The molecule has 1 heterocycles. The van der Waals surface area contributed by atoms with Crippen molar-refractivity contribution in [3.8, 4) is 11.1 Å². The molecular formula is C19H22N2O2. The van der Waals surface area contributed by atoms with Gasteiger partial charge in [0.1, 0.15) is 0 Å². The van der Waals surface area contributed by atoms with Gasteiger partial charge in [0, 0.05) is 25.2 Å². The van der Waals surface area contributed by atoms with Crippen LogP contribution in [0, 0.1) is 6.92 Å². The molecule has 1 fully saturated rings. The molecule has 1 aliphatic heterocycles. The Morgan fingerprint density at radius 2 is 2.09 bits per heavy atom. The molecule has 4 nitrogen and oxygen atoms in total. The molecule has 4 heteroatoms. The number of hydrogen-bond acceptors (Lipinski definition) is 3. The molecule has 2 N–H and O–H groups in total. The zero-order valence-corrected chi connectivity index (χ0v) is 13.4. The summed E-state index contributed by atoms with van der Waals surface area (Å²) >= 11 is 0. The first-order valence-electron chi connectivity index (χ1n) is 7.96. The SMILES string of the molecule is Cc1ccccc1-c1cccc(C(=O)N2CCO[C@H](CN)C2)c1.